The first-order valence-electron chi connectivity index (χ1n) is 8.28. The van der Waals surface area contributed by atoms with Crippen molar-refractivity contribution in [3.8, 4) is 22.4 Å². The van der Waals surface area contributed by atoms with Crippen LogP contribution in [-0.4, -0.2) is 10.1 Å². The van der Waals surface area contributed by atoms with Crippen LogP contribution in [0.5, 0.6) is 0 Å². The van der Waals surface area contributed by atoms with E-state index < -0.39 is 0 Å². The molecule has 0 aliphatic carbocycles. The van der Waals surface area contributed by atoms with E-state index in [1.807, 2.05) is 12.1 Å². The number of benzene rings is 1. The molecule has 3 heteroatoms. The van der Waals surface area contributed by atoms with Crippen LogP contribution >= 0.6 is 0 Å². The first kappa shape index (κ1) is 15.5. The van der Waals surface area contributed by atoms with Crippen LogP contribution < -0.4 is 0 Å². The summed E-state index contributed by atoms with van der Waals surface area (Å²) in [5.41, 5.74) is 8.43. The zero-order valence-corrected chi connectivity index (χ0v) is 14.0. The maximum absolute atomic E-state index is 5.29. The minimum absolute atomic E-state index is 0.906. The summed E-state index contributed by atoms with van der Waals surface area (Å²) in [7, 11) is 0. The van der Waals surface area contributed by atoms with Gasteiger partial charge in [0, 0.05) is 23.5 Å². The van der Waals surface area contributed by atoms with E-state index in [2.05, 4.69) is 43.0 Å². The van der Waals surface area contributed by atoms with E-state index in [1.165, 1.54) is 16.7 Å². The normalized spacial score (nSPS) is 10.9. The van der Waals surface area contributed by atoms with Crippen LogP contribution in [-0.2, 0) is 19.3 Å². The predicted molar refractivity (Wildman–Crippen MR) is 93.3 cm³/mol. The molecular weight excluding hydrogens is 284 g/mol. The predicted octanol–water partition coefficient (Wildman–Crippen LogP) is 5.09. The van der Waals surface area contributed by atoms with Crippen molar-refractivity contribution in [3.63, 3.8) is 0 Å². The van der Waals surface area contributed by atoms with Crippen molar-refractivity contribution in [3.05, 3.63) is 59.6 Å². The minimum atomic E-state index is 0.906. The Morgan fingerprint density at radius 1 is 0.870 bits per heavy atom. The molecule has 0 bridgehead atoms. The number of rotatable bonds is 5. The molecule has 0 fully saturated rings. The summed E-state index contributed by atoms with van der Waals surface area (Å²) in [6.45, 7) is 6.65. The zero-order chi connectivity index (χ0) is 16.2. The Morgan fingerprint density at radius 3 is 2.09 bits per heavy atom. The fraction of sp³-hybridized carbons (Fsp3) is 0.300. The van der Waals surface area contributed by atoms with Crippen molar-refractivity contribution >= 4 is 0 Å². The number of hydrogen-bond donors (Lipinski definition) is 0. The van der Waals surface area contributed by atoms with Gasteiger partial charge < -0.3 is 4.52 Å². The van der Waals surface area contributed by atoms with Gasteiger partial charge in [0.1, 0.15) is 12.0 Å². The molecule has 0 aliphatic rings. The van der Waals surface area contributed by atoms with Gasteiger partial charge in [-0.1, -0.05) is 25.9 Å². The molecule has 1 aromatic carbocycles. The molecule has 3 nitrogen and oxygen atoms in total. The van der Waals surface area contributed by atoms with Gasteiger partial charge in [0.05, 0.1) is 0 Å². The summed E-state index contributed by atoms with van der Waals surface area (Å²) < 4.78 is 5.29. The van der Waals surface area contributed by atoms with E-state index in [9.17, 15) is 0 Å². The maximum Gasteiger partial charge on any atom is 0.132 e. The van der Waals surface area contributed by atoms with Gasteiger partial charge >= 0.3 is 0 Å². The number of pyridine rings is 1. The fourth-order valence-corrected chi connectivity index (χ4v) is 3.20. The number of nitrogens with zero attached hydrogens (tertiary/aromatic N) is 2. The molecule has 0 saturated heterocycles. The molecule has 0 aliphatic heterocycles. The Kier molecular flexibility index (Phi) is 4.56. The maximum atomic E-state index is 5.29. The lowest BCUT2D eigenvalue weighted by Gasteiger charge is -2.14. The smallest absolute Gasteiger partial charge is 0.132 e. The molecule has 0 spiro atoms. The van der Waals surface area contributed by atoms with Crippen LogP contribution in [0.4, 0.5) is 0 Å². The number of hydrogen-bond acceptors (Lipinski definition) is 3. The van der Waals surface area contributed by atoms with Gasteiger partial charge in [0.2, 0.25) is 0 Å². The van der Waals surface area contributed by atoms with Gasteiger partial charge in [-0.15, -0.1) is 0 Å². The monoisotopic (exact) mass is 306 g/mol. The highest BCUT2D eigenvalue weighted by Gasteiger charge is 2.15. The molecule has 0 N–H and O–H groups in total. The van der Waals surface area contributed by atoms with E-state index in [0.29, 0.717) is 0 Å². The Labute approximate surface area is 137 Å². The highest BCUT2D eigenvalue weighted by Crippen LogP contribution is 2.33. The third kappa shape index (κ3) is 2.91. The van der Waals surface area contributed by atoms with Gasteiger partial charge in [-0.25, -0.2) is 0 Å². The van der Waals surface area contributed by atoms with E-state index in [0.717, 1.165) is 41.6 Å². The summed E-state index contributed by atoms with van der Waals surface area (Å²) >= 11 is 0. The summed E-state index contributed by atoms with van der Waals surface area (Å²) in [5.74, 6) is 0. The van der Waals surface area contributed by atoms with Gasteiger partial charge in [0.15, 0.2) is 0 Å². The first-order valence-corrected chi connectivity index (χ1v) is 8.28. The van der Waals surface area contributed by atoms with Crippen LogP contribution in [0.25, 0.3) is 22.4 Å². The Hall–Kier alpha value is -2.42. The zero-order valence-electron chi connectivity index (χ0n) is 14.0. The molecule has 23 heavy (non-hydrogen) atoms. The second-order valence-electron chi connectivity index (χ2n) is 5.65. The third-order valence-electron chi connectivity index (χ3n) is 4.38. The Morgan fingerprint density at radius 2 is 1.52 bits per heavy atom. The molecule has 3 rings (SSSR count). The SMILES string of the molecule is CCc1cc(-c2nocc2-c2ccncc2)cc(CC)c1CC. The molecule has 0 saturated carbocycles. The van der Waals surface area contributed by atoms with E-state index >= 15 is 0 Å². The van der Waals surface area contributed by atoms with Gasteiger partial charge in [-0.2, -0.15) is 0 Å². The van der Waals surface area contributed by atoms with Crippen LogP contribution in [0.1, 0.15) is 37.5 Å². The highest BCUT2D eigenvalue weighted by molar-refractivity contribution is 5.80. The third-order valence-corrected chi connectivity index (χ3v) is 4.38. The van der Waals surface area contributed by atoms with Crippen molar-refractivity contribution in [1.82, 2.24) is 10.1 Å². The second-order valence-corrected chi connectivity index (χ2v) is 5.65. The summed E-state index contributed by atoms with van der Waals surface area (Å²) in [4.78, 5) is 4.08. The van der Waals surface area contributed by atoms with Crippen molar-refractivity contribution in [1.29, 1.82) is 0 Å². The van der Waals surface area contributed by atoms with Crippen LogP contribution in [0.2, 0.25) is 0 Å². The van der Waals surface area contributed by atoms with E-state index in [1.54, 1.807) is 18.7 Å². The molecular formula is C20H22N2O. The Balaban J connectivity index is 2.15. The first-order chi connectivity index (χ1) is 11.3. The lowest BCUT2D eigenvalue weighted by Crippen LogP contribution is -1.99. The van der Waals surface area contributed by atoms with Gasteiger partial charge in [-0.05, 0) is 65.8 Å². The fourth-order valence-electron chi connectivity index (χ4n) is 3.20. The molecule has 0 amide bonds. The average molecular weight is 306 g/mol. The molecule has 0 radical (unpaired) electrons. The lowest BCUT2D eigenvalue weighted by molar-refractivity contribution is 0.422. The molecule has 0 atom stereocenters. The summed E-state index contributed by atoms with van der Waals surface area (Å²) in [6, 6.07) is 8.50. The molecule has 2 heterocycles. The summed E-state index contributed by atoms with van der Waals surface area (Å²) in [6.07, 6.45) is 8.44. The number of aromatic nitrogens is 2. The van der Waals surface area contributed by atoms with Crippen molar-refractivity contribution in [2.45, 2.75) is 40.0 Å². The quantitative estimate of drug-likeness (QED) is 0.659. The van der Waals surface area contributed by atoms with Crippen molar-refractivity contribution in [2.24, 2.45) is 0 Å². The minimum Gasteiger partial charge on any atom is -0.363 e. The van der Waals surface area contributed by atoms with E-state index in [-0.39, 0.29) is 0 Å². The van der Waals surface area contributed by atoms with Crippen LogP contribution in [0.3, 0.4) is 0 Å². The Bertz CT molecular complexity index is 765. The van der Waals surface area contributed by atoms with Crippen LogP contribution in [0, 0.1) is 0 Å². The van der Waals surface area contributed by atoms with Crippen molar-refractivity contribution < 1.29 is 4.52 Å². The van der Waals surface area contributed by atoms with E-state index in [4.69, 9.17) is 4.52 Å². The van der Waals surface area contributed by atoms with Gasteiger partial charge in [0.25, 0.3) is 0 Å². The van der Waals surface area contributed by atoms with Gasteiger partial charge in [-0.3, -0.25) is 4.98 Å². The largest absolute Gasteiger partial charge is 0.363 e. The highest BCUT2D eigenvalue weighted by atomic mass is 16.5. The van der Waals surface area contributed by atoms with Crippen LogP contribution in [0.15, 0.2) is 47.4 Å². The summed E-state index contributed by atoms with van der Waals surface area (Å²) in [5, 5.41) is 4.27. The number of aryl methyl sites for hydroxylation is 2. The molecule has 0 unspecified atom stereocenters. The molecule has 3 aromatic rings. The topological polar surface area (TPSA) is 38.9 Å². The average Bonchev–Trinajstić information content (AvgIpc) is 3.10. The lowest BCUT2D eigenvalue weighted by atomic mass is 9.91. The molecule has 118 valence electrons. The molecule has 2 aromatic heterocycles. The standard InChI is InChI=1S/C20H22N2O/c1-4-14-11-17(12-15(5-2)18(14)6-3)20-19(13-23-22-20)16-7-9-21-10-8-16/h7-13H,4-6H2,1-3H3. The second kappa shape index (κ2) is 6.78. The van der Waals surface area contributed by atoms with Crippen molar-refractivity contribution in [2.75, 3.05) is 0 Å².